The Kier molecular flexibility index (Phi) is 5.76. The average Bonchev–Trinajstić information content (AvgIpc) is 2.89. The van der Waals surface area contributed by atoms with Crippen molar-refractivity contribution < 1.29 is 0 Å². The molecule has 4 nitrogen and oxygen atoms in total. The molecule has 3 rings (SSSR count). The zero-order valence-electron chi connectivity index (χ0n) is 13.0. The highest BCUT2D eigenvalue weighted by Crippen LogP contribution is 2.32. The van der Waals surface area contributed by atoms with Gasteiger partial charge in [0.2, 0.25) is 0 Å². The number of aromatic amines is 1. The third-order valence-corrected chi connectivity index (χ3v) is 6.91. The van der Waals surface area contributed by atoms with E-state index < -0.39 is 0 Å². The molecule has 0 bridgehead atoms. The third kappa shape index (κ3) is 4.27. The number of halogens is 2. The lowest BCUT2D eigenvalue weighted by atomic mass is 10.2. The van der Waals surface area contributed by atoms with Crippen LogP contribution in [0.4, 0.5) is 5.82 Å². The van der Waals surface area contributed by atoms with E-state index in [4.69, 9.17) is 0 Å². The average molecular weight is 471 g/mol. The van der Waals surface area contributed by atoms with Crippen molar-refractivity contribution in [2.45, 2.75) is 19.5 Å². The van der Waals surface area contributed by atoms with Gasteiger partial charge in [0, 0.05) is 39.9 Å². The number of hydrogen-bond acceptors (Lipinski definition) is 4. The number of thiophene rings is 1. The summed E-state index contributed by atoms with van der Waals surface area (Å²) in [5, 5.41) is 7.48. The summed E-state index contributed by atoms with van der Waals surface area (Å²) in [4.78, 5) is 16.6. The van der Waals surface area contributed by atoms with Crippen LogP contribution in [0.25, 0.3) is 10.9 Å². The van der Waals surface area contributed by atoms with E-state index in [9.17, 15) is 4.79 Å². The summed E-state index contributed by atoms with van der Waals surface area (Å²) in [5.74, 6) is 0.744. The molecule has 1 unspecified atom stereocenters. The summed E-state index contributed by atoms with van der Waals surface area (Å²) in [7, 11) is 0. The topological polar surface area (TPSA) is 56.9 Å². The fraction of sp³-hybridized carbons (Fsp3) is 0.235. The van der Waals surface area contributed by atoms with Crippen LogP contribution >= 0.6 is 43.2 Å². The van der Waals surface area contributed by atoms with E-state index in [0.717, 1.165) is 32.7 Å². The Morgan fingerprint density at radius 1 is 1.25 bits per heavy atom. The number of aromatic nitrogens is 1. The molecule has 0 saturated carbocycles. The number of fused-ring (bicyclic) bond motifs is 1. The zero-order chi connectivity index (χ0) is 17.1. The van der Waals surface area contributed by atoms with Crippen LogP contribution in [0.2, 0.25) is 0 Å². The minimum Gasteiger partial charge on any atom is -0.370 e. The molecule has 1 aromatic carbocycles. The number of rotatable bonds is 6. The first-order valence-corrected chi connectivity index (χ1v) is 9.96. The van der Waals surface area contributed by atoms with Crippen molar-refractivity contribution in [3.05, 3.63) is 59.8 Å². The molecule has 0 aliphatic carbocycles. The Hall–Kier alpha value is -1.15. The highest BCUT2D eigenvalue weighted by atomic mass is 79.9. The van der Waals surface area contributed by atoms with Gasteiger partial charge in [0.15, 0.2) is 5.43 Å². The van der Waals surface area contributed by atoms with Crippen molar-refractivity contribution in [1.29, 1.82) is 0 Å². The maximum atomic E-state index is 12.1. The molecule has 0 saturated heterocycles. The lowest BCUT2D eigenvalue weighted by Gasteiger charge is -2.15. The second-order valence-corrected chi connectivity index (χ2v) is 8.90. The quantitative estimate of drug-likeness (QED) is 0.489. The first-order chi connectivity index (χ1) is 11.5. The smallest absolute Gasteiger partial charge is 0.191 e. The standard InChI is InChI=1S/C17H17Br2N3OS/c1-10(20-9-11-6-13(18)17(19)24-11)8-21-16-7-15(23)12-4-2-3-5-14(12)22-16/h2-7,10,20H,8-9H2,1H3,(H2,21,22,23). The van der Waals surface area contributed by atoms with Crippen molar-refractivity contribution in [1.82, 2.24) is 10.3 Å². The molecule has 0 radical (unpaired) electrons. The Balaban J connectivity index is 1.58. The van der Waals surface area contributed by atoms with Gasteiger partial charge in [-0.05, 0) is 57.0 Å². The Morgan fingerprint density at radius 2 is 2.04 bits per heavy atom. The number of anilines is 1. The molecule has 126 valence electrons. The van der Waals surface area contributed by atoms with Gasteiger partial charge >= 0.3 is 0 Å². The molecule has 0 spiro atoms. The number of H-pyrrole nitrogens is 1. The first-order valence-electron chi connectivity index (χ1n) is 7.56. The predicted molar refractivity (Wildman–Crippen MR) is 109 cm³/mol. The van der Waals surface area contributed by atoms with Crippen LogP contribution in [-0.2, 0) is 6.54 Å². The molecule has 1 atom stereocenters. The van der Waals surface area contributed by atoms with E-state index >= 15 is 0 Å². The van der Waals surface area contributed by atoms with E-state index in [1.165, 1.54) is 4.88 Å². The maximum absolute atomic E-state index is 12.1. The van der Waals surface area contributed by atoms with Gasteiger partial charge in [-0.15, -0.1) is 11.3 Å². The lowest BCUT2D eigenvalue weighted by Crippen LogP contribution is -2.32. The molecule has 0 aliphatic rings. The molecule has 0 aliphatic heterocycles. The van der Waals surface area contributed by atoms with Gasteiger partial charge in [0.25, 0.3) is 0 Å². The summed E-state index contributed by atoms with van der Waals surface area (Å²) in [5.41, 5.74) is 0.877. The predicted octanol–water partition coefficient (Wildman–Crippen LogP) is 4.70. The van der Waals surface area contributed by atoms with Gasteiger partial charge in [0.05, 0.1) is 9.30 Å². The van der Waals surface area contributed by atoms with Crippen LogP contribution < -0.4 is 16.1 Å². The number of para-hydroxylation sites is 1. The number of pyridine rings is 1. The Labute approximate surface area is 160 Å². The fourth-order valence-corrected chi connectivity index (χ4v) is 4.51. The fourth-order valence-electron chi connectivity index (χ4n) is 2.38. The van der Waals surface area contributed by atoms with E-state index in [2.05, 4.69) is 60.5 Å². The van der Waals surface area contributed by atoms with Crippen LogP contribution in [0.5, 0.6) is 0 Å². The zero-order valence-corrected chi connectivity index (χ0v) is 17.0. The van der Waals surface area contributed by atoms with Crippen LogP contribution in [0.1, 0.15) is 11.8 Å². The van der Waals surface area contributed by atoms with Crippen LogP contribution in [0, 0.1) is 0 Å². The molecule has 2 aromatic heterocycles. The second kappa shape index (κ2) is 7.82. The lowest BCUT2D eigenvalue weighted by molar-refractivity contribution is 0.571. The second-order valence-electron chi connectivity index (χ2n) is 5.59. The van der Waals surface area contributed by atoms with Gasteiger partial charge in [-0.1, -0.05) is 12.1 Å². The van der Waals surface area contributed by atoms with E-state index in [1.54, 1.807) is 17.4 Å². The highest BCUT2D eigenvalue weighted by molar-refractivity contribution is 9.13. The molecule has 0 fully saturated rings. The van der Waals surface area contributed by atoms with Crippen LogP contribution in [-0.4, -0.2) is 17.6 Å². The third-order valence-electron chi connectivity index (χ3n) is 3.66. The monoisotopic (exact) mass is 469 g/mol. The maximum Gasteiger partial charge on any atom is 0.191 e. The first kappa shape index (κ1) is 17.7. The van der Waals surface area contributed by atoms with Gasteiger partial charge in [-0.25, -0.2) is 0 Å². The highest BCUT2D eigenvalue weighted by Gasteiger charge is 2.07. The number of hydrogen-bond donors (Lipinski definition) is 3. The van der Waals surface area contributed by atoms with Gasteiger partial charge in [-0.2, -0.15) is 0 Å². The summed E-state index contributed by atoms with van der Waals surface area (Å²) in [6, 6.07) is 11.5. The van der Waals surface area contributed by atoms with Crippen LogP contribution in [0.3, 0.4) is 0 Å². The van der Waals surface area contributed by atoms with E-state index in [0.29, 0.717) is 5.39 Å². The molecule has 3 aromatic rings. The number of nitrogens with one attached hydrogen (secondary N) is 3. The summed E-state index contributed by atoms with van der Waals surface area (Å²) in [6.07, 6.45) is 0. The molecule has 2 heterocycles. The molecule has 24 heavy (non-hydrogen) atoms. The summed E-state index contributed by atoms with van der Waals surface area (Å²) in [6.45, 7) is 3.65. The molecular formula is C17H17Br2N3OS. The van der Waals surface area contributed by atoms with Crippen molar-refractivity contribution in [2.75, 3.05) is 11.9 Å². The van der Waals surface area contributed by atoms with E-state index in [-0.39, 0.29) is 11.5 Å². The van der Waals surface area contributed by atoms with Crippen molar-refractivity contribution in [3.63, 3.8) is 0 Å². The van der Waals surface area contributed by atoms with Gasteiger partial charge in [-0.3, -0.25) is 4.79 Å². The van der Waals surface area contributed by atoms with Crippen LogP contribution in [0.15, 0.2) is 49.5 Å². The van der Waals surface area contributed by atoms with E-state index in [1.807, 2.05) is 24.3 Å². The SMILES string of the molecule is CC(CNc1cc(=O)c2ccccc2[nH]1)NCc1cc(Br)c(Br)s1. The Bertz CT molecular complexity index is 887. The summed E-state index contributed by atoms with van der Waals surface area (Å²) >= 11 is 8.72. The van der Waals surface area contributed by atoms with Crippen molar-refractivity contribution in [3.8, 4) is 0 Å². The van der Waals surface area contributed by atoms with Gasteiger partial charge in [0.1, 0.15) is 5.82 Å². The van der Waals surface area contributed by atoms with Crippen molar-refractivity contribution in [2.24, 2.45) is 0 Å². The van der Waals surface area contributed by atoms with Crippen molar-refractivity contribution >= 4 is 59.9 Å². The number of benzene rings is 1. The minimum absolute atomic E-state index is 0.0285. The molecule has 3 N–H and O–H groups in total. The summed E-state index contributed by atoms with van der Waals surface area (Å²) < 4.78 is 2.20. The van der Waals surface area contributed by atoms with Gasteiger partial charge < -0.3 is 15.6 Å². The molecule has 0 amide bonds. The normalized spacial score (nSPS) is 12.5. The largest absolute Gasteiger partial charge is 0.370 e. The minimum atomic E-state index is 0.0285. The Morgan fingerprint density at radius 3 is 2.79 bits per heavy atom. The molecule has 7 heteroatoms. The molecular weight excluding hydrogens is 454 g/mol.